The van der Waals surface area contributed by atoms with Crippen LogP contribution in [0.15, 0.2) is 48.5 Å². The molecule has 2 aromatic rings. The maximum Gasteiger partial charge on any atom is 0.243 e. The Kier molecular flexibility index (Phi) is 8.99. The normalized spacial score (nSPS) is 12.9. The van der Waals surface area contributed by atoms with Gasteiger partial charge in [-0.3, -0.25) is 9.59 Å². The van der Waals surface area contributed by atoms with Gasteiger partial charge in [-0.1, -0.05) is 73.4 Å². The first-order valence-electron chi connectivity index (χ1n) is 9.93. The number of carbonyl (C=O) groups is 2. The largest absolute Gasteiger partial charge is 0.352 e. The second kappa shape index (κ2) is 11.2. The number of amides is 2. The molecule has 1 N–H and O–H groups in total. The summed E-state index contributed by atoms with van der Waals surface area (Å²) in [6, 6.07) is 14.3. The van der Waals surface area contributed by atoms with Crippen molar-refractivity contribution in [2.45, 2.75) is 58.7 Å². The van der Waals surface area contributed by atoms with E-state index in [1.165, 1.54) is 0 Å². The average molecular weight is 435 g/mol. The summed E-state index contributed by atoms with van der Waals surface area (Å²) in [7, 11) is 0. The third kappa shape index (κ3) is 6.76. The SMILES string of the molecule is CC[C@H](C)NC(=O)[C@H](CC)N(Cc1ccc(Cl)c(Cl)c1)C(=O)Cc1ccccc1. The van der Waals surface area contributed by atoms with Gasteiger partial charge in [0.1, 0.15) is 6.04 Å². The van der Waals surface area contributed by atoms with Crippen molar-refractivity contribution >= 4 is 35.0 Å². The van der Waals surface area contributed by atoms with Crippen LogP contribution < -0.4 is 5.32 Å². The average Bonchev–Trinajstić information content (AvgIpc) is 2.71. The van der Waals surface area contributed by atoms with Gasteiger partial charge < -0.3 is 10.2 Å². The fraction of sp³-hybridized carbons (Fsp3) is 0.391. The summed E-state index contributed by atoms with van der Waals surface area (Å²) in [5.41, 5.74) is 1.74. The Labute approximate surface area is 183 Å². The molecule has 156 valence electrons. The number of nitrogens with zero attached hydrogens (tertiary/aromatic N) is 1. The number of halogens is 2. The molecule has 2 atom stereocenters. The van der Waals surface area contributed by atoms with E-state index in [4.69, 9.17) is 23.2 Å². The van der Waals surface area contributed by atoms with Gasteiger partial charge in [0.25, 0.3) is 0 Å². The van der Waals surface area contributed by atoms with Crippen LogP contribution in [-0.4, -0.2) is 28.8 Å². The minimum Gasteiger partial charge on any atom is -0.352 e. The molecule has 0 spiro atoms. The van der Waals surface area contributed by atoms with E-state index in [9.17, 15) is 9.59 Å². The summed E-state index contributed by atoms with van der Waals surface area (Å²) in [5.74, 6) is -0.239. The zero-order valence-electron chi connectivity index (χ0n) is 17.1. The molecule has 0 aliphatic rings. The number of benzene rings is 2. The number of rotatable bonds is 9. The molecule has 0 unspecified atom stereocenters. The molecule has 0 saturated carbocycles. The lowest BCUT2D eigenvalue weighted by atomic mass is 10.1. The first kappa shape index (κ1) is 23.2. The Hall–Kier alpha value is -2.04. The number of carbonyl (C=O) groups excluding carboxylic acids is 2. The van der Waals surface area contributed by atoms with E-state index in [0.717, 1.165) is 17.5 Å². The molecule has 0 heterocycles. The second-order valence-electron chi connectivity index (χ2n) is 7.17. The van der Waals surface area contributed by atoms with Crippen LogP contribution in [0, 0.1) is 0 Å². The smallest absolute Gasteiger partial charge is 0.243 e. The molecule has 2 amide bonds. The van der Waals surface area contributed by atoms with Gasteiger partial charge in [-0.2, -0.15) is 0 Å². The van der Waals surface area contributed by atoms with Crippen molar-refractivity contribution in [3.63, 3.8) is 0 Å². The van der Waals surface area contributed by atoms with Gasteiger partial charge in [0.05, 0.1) is 16.5 Å². The van der Waals surface area contributed by atoms with Crippen LogP contribution in [0.1, 0.15) is 44.7 Å². The molecule has 2 rings (SSSR count). The lowest BCUT2D eigenvalue weighted by molar-refractivity contribution is -0.141. The second-order valence-corrected chi connectivity index (χ2v) is 7.99. The zero-order chi connectivity index (χ0) is 21.4. The molecule has 29 heavy (non-hydrogen) atoms. The topological polar surface area (TPSA) is 49.4 Å². The molecular formula is C23H28Cl2N2O2. The van der Waals surface area contributed by atoms with E-state index in [1.54, 1.807) is 17.0 Å². The van der Waals surface area contributed by atoms with Crippen molar-refractivity contribution in [2.24, 2.45) is 0 Å². The van der Waals surface area contributed by atoms with Gasteiger partial charge in [-0.25, -0.2) is 0 Å². The number of nitrogens with one attached hydrogen (secondary N) is 1. The predicted molar refractivity (Wildman–Crippen MR) is 119 cm³/mol. The summed E-state index contributed by atoms with van der Waals surface area (Å²) >= 11 is 12.2. The summed E-state index contributed by atoms with van der Waals surface area (Å²) in [4.78, 5) is 27.8. The highest BCUT2D eigenvalue weighted by Gasteiger charge is 2.29. The van der Waals surface area contributed by atoms with Crippen LogP contribution in [0.5, 0.6) is 0 Å². The van der Waals surface area contributed by atoms with E-state index >= 15 is 0 Å². The Morgan fingerprint density at radius 1 is 0.966 bits per heavy atom. The minimum absolute atomic E-state index is 0.0487. The van der Waals surface area contributed by atoms with Gasteiger partial charge in [-0.05, 0) is 43.0 Å². The van der Waals surface area contributed by atoms with Crippen LogP contribution in [0.2, 0.25) is 10.0 Å². The van der Waals surface area contributed by atoms with E-state index in [2.05, 4.69) is 5.32 Å². The predicted octanol–water partition coefficient (Wildman–Crippen LogP) is 5.26. The van der Waals surface area contributed by atoms with E-state index in [0.29, 0.717) is 16.5 Å². The van der Waals surface area contributed by atoms with Crippen molar-refractivity contribution in [2.75, 3.05) is 0 Å². The van der Waals surface area contributed by atoms with Crippen molar-refractivity contribution < 1.29 is 9.59 Å². The maximum atomic E-state index is 13.2. The lowest BCUT2D eigenvalue weighted by Crippen LogP contribution is -2.51. The molecular weight excluding hydrogens is 407 g/mol. The van der Waals surface area contributed by atoms with Gasteiger partial charge in [0.15, 0.2) is 0 Å². The quantitative estimate of drug-likeness (QED) is 0.584. The third-order valence-electron chi connectivity index (χ3n) is 4.92. The summed E-state index contributed by atoms with van der Waals surface area (Å²) in [6.45, 7) is 6.17. The van der Waals surface area contributed by atoms with Crippen LogP contribution in [0.3, 0.4) is 0 Å². The van der Waals surface area contributed by atoms with Gasteiger partial charge in [-0.15, -0.1) is 0 Å². The van der Waals surface area contributed by atoms with Crippen molar-refractivity contribution in [3.05, 3.63) is 69.7 Å². The Morgan fingerprint density at radius 2 is 1.66 bits per heavy atom. The zero-order valence-corrected chi connectivity index (χ0v) is 18.6. The first-order chi connectivity index (χ1) is 13.8. The highest BCUT2D eigenvalue weighted by molar-refractivity contribution is 6.42. The molecule has 0 aliphatic heterocycles. The molecule has 0 saturated heterocycles. The molecule has 0 radical (unpaired) electrons. The number of hydrogen-bond acceptors (Lipinski definition) is 2. The molecule has 0 aromatic heterocycles. The van der Waals surface area contributed by atoms with E-state index in [1.807, 2.05) is 57.2 Å². The number of hydrogen-bond donors (Lipinski definition) is 1. The molecule has 0 fully saturated rings. The molecule has 4 nitrogen and oxygen atoms in total. The van der Waals surface area contributed by atoms with E-state index in [-0.39, 0.29) is 30.8 Å². The monoisotopic (exact) mass is 434 g/mol. The highest BCUT2D eigenvalue weighted by Crippen LogP contribution is 2.24. The highest BCUT2D eigenvalue weighted by atomic mass is 35.5. The molecule has 2 aromatic carbocycles. The Morgan fingerprint density at radius 3 is 2.24 bits per heavy atom. The minimum atomic E-state index is -0.560. The van der Waals surface area contributed by atoms with Crippen molar-refractivity contribution in [1.82, 2.24) is 10.2 Å². The third-order valence-corrected chi connectivity index (χ3v) is 5.66. The van der Waals surface area contributed by atoms with Crippen LogP contribution >= 0.6 is 23.2 Å². The molecule has 0 bridgehead atoms. The van der Waals surface area contributed by atoms with Gasteiger partial charge in [0.2, 0.25) is 11.8 Å². The molecule has 6 heteroatoms. The fourth-order valence-electron chi connectivity index (χ4n) is 3.07. The summed E-state index contributed by atoms with van der Waals surface area (Å²) in [5, 5.41) is 3.89. The first-order valence-corrected chi connectivity index (χ1v) is 10.7. The molecule has 0 aliphatic carbocycles. The Balaban J connectivity index is 2.30. The summed E-state index contributed by atoms with van der Waals surface area (Å²) < 4.78 is 0. The van der Waals surface area contributed by atoms with Crippen molar-refractivity contribution in [1.29, 1.82) is 0 Å². The maximum absolute atomic E-state index is 13.2. The Bertz CT molecular complexity index is 827. The summed E-state index contributed by atoms with van der Waals surface area (Å²) in [6.07, 6.45) is 1.58. The fourth-order valence-corrected chi connectivity index (χ4v) is 3.39. The standard InChI is InChI=1S/C23H28Cl2N2O2/c1-4-16(3)26-23(29)21(5-2)27(15-18-11-12-19(24)20(25)13-18)22(28)14-17-9-7-6-8-10-17/h6-13,16,21H,4-5,14-15H2,1-3H3,(H,26,29)/t16-,21-/m0/s1. The van der Waals surface area contributed by atoms with Crippen LogP contribution in [0.4, 0.5) is 0 Å². The lowest BCUT2D eigenvalue weighted by Gasteiger charge is -2.31. The van der Waals surface area contributed by atoms with Crippen molar-refractivity contribution in [3.8, 4) is 0 Å². The van der Waals surface area contributed by atoms with E-state index < -0.39 is 6.04 Å². The van der Waals surface area contributed by atoms with Gasteiger partial charge in [0, 0.05) is 12.6 Å². The van der Waals surface area contributed by atoms with Gasteiger partial charge >= 0.3 is 0 Å². The van der Waals surface area contributed by atoms with Crippen LogP contribution in [0.25, 0.3) is 0 Å². The van der Waals surface area contributed by atoms with Crippen LogP contribution in [-0.2, 0) is 22.6 Å².